The highest BCUT2D eigenvalue weighted by Gasteiger charge is 2.47. The maximum Gasteiger partial charge on any atom is 0.338 e. The number of hydrogen-bond acceptors (Lipinski definition) is 16. The van der Waals surface area contributed by atoms with Crippen LogP contribution in [0.3, 0.4) is 0 Å². The number of fused-ring (bicyclic) bond motifs is 1. The van der Waals surface area contributed by atoms with Gasteiger partial charge >= 0.3 is 5.97 Å². The molecule has 0 amide bonds. The number of aliphatic hydroxyl groups is 2. The second-order valence-corrected chi connectivity index (χ2v) is 9.83. The summed E-state index contributed by atoms with van der Waals surface area (Å²) in [4.78, 5) is 26.4. The topological polar surface area (TPSA) is 277 Å². The largest absolute Gasteiger partial charge is 0.508 e. The Balaban J connectivity index is 1.57. The number of carbonyl (C=O) groups excluding carboxylic acids is 1. The molecule has 44 heavy (non-hydrogen) atoms. The van der Waals surface area contributed by atoms with Crippen LogP contribution in [0.15, 0.2) is 45.6 Å². The average molecular weight is 616 g/mol. The van der Waals surface area contributed by atoms with E-state index in [9.17, 15) is 60.7 Å². The number of rotatable bonds is 5. The maximum atomic E-state index is 13.6. The van der Waals surface area contributed by atoms with E-state index in [0.717, 1.165) is 36.4 Å². The van der Waals surface area contributed by atoms with Gasteiger partial charge in [0.1, 0.15) is 28.6 Å². The molecule has 1 fully saturated rings. The van der Waals surface area contributed by atoms with E-state index in [2.05, 4.69) is 0 Å². The molecule has 0 aliphatic carbocycles. The third-order valence-electron chi connectivity index (χ3n) is 6.81. The zero-order chi connectivity index (χ0) is 32.2. The van der Waals surface area contributed by atoms with Crippen molar-refractivity contribution in [2.45, 2.75) is 37.6 Å². The molecule has 1 saturated heterocycles. The van der Waals surface area contributed by atoms with Gasteiger partial charge in [0.25, 0.3) is 0 Å². The van der Waals surface area contributed by atoms with Gasteiger partial charge in [-0.2, -0.15) is 0 Å². The fraction of sp³-hybridized carbons (Fsp3) is 0.214. The number of aliphatic hydroxyl groups excluding tert-OH is 2. The van der Waals surface area contributed by atoms with Crippen LogP contribution in [0.2, 0.25) is 0 Å². The van der Waals surface area contributed by atoms with Gasteiger partial charge in [-0.1, -0.05) is 0 Å². The van der Waals surface area contributed by atoms with Crippen molar-refractivity contribution in [1.29, 1.82) is 0 Å². The predicted molar refractivity (Wildman–Crippen MR) is 144 cm³/mol. The van der Waals surface area contributed by atoms with Gasteiger partial charge in [-0.05, 0) is 31.2 Å². The van der Waals surface area contributed by atoms with Crippen LogP contribution in [0, 0.1) is 0 Å². The number of phenols is 8. The van der Waals surface area contributed by atoms with Gasteiger partial charge in [-0.3, -0.25) is 4.79 Å². The van der Waals surface area contributed by atoms with E-state index >= 15 is 0 Å². The smallest absolute Gasteiger partial charge is 0.338 e. The van der Waals surface area contributed by atoms with E-state index in [4.69, 9.17) is 18.6 Å². The second-order valence-electron chi connectivity index (χ2n) is 9.83. The minimum Gasteiger partial charge on any atom is -0.508 e. The van der Waals surface area contributed by atoms with Crippen LogP contribution >= 0.6 is 0 Å². The number of hydrogen-bond donors (Lipinski definition) is 10. The molecular weight excluding hydrogens is 592 g/mol. The first kappa shape index (κ1) is 29.9. The first-order valence-electron chi connectivity index (χ1n) is 12.6. The van der Waals surface area contributed by atoms with Crippen LogP contribution in [0.1, 0.15) is 17.3 Å². The molecule has 1 aromatic heterocycles. The highest BCUT2D eigenvalue weighted by atomic mass is 16.7. The van der Waals surface area contributed by atoms with Gasteiger partial charge < -0.3 is 69.7 Å². The minimum atomic E-state index is -2.04. The summed E-state index contributed by atoms with van der Waals surface area (Å²) >= 11 is 0. The highest BCUT2D eigenvalue weighted by Crippen LogP contribution is 2.43. The summed E-state index contributed by atoms with van der Waals surface area (Å²) in [7, 11) is 0. The zero-order valence-corrected chi connectivity index (χ0v) is 22.3. The van der Waals surface area contributed by atoms with E-state index < -0.39 is 111 Å². The minimum absolute atomic E-state index is 0.261. The van der Waals surface area contributed by atoms with E-state index in [1.54, 1.807) is 0 Å². The first-order valence-corrected chi connectivity index (χ1v) is 12.6. The molecule has 0 bridgehead atoms. The monoisotopic (exact) mass is 616 g/mol. The van der Waals surface area contributed by atoms with Crippen molar-refractivity contribution < 1.29 is 74.5 Å². The number of carbonyl (C=O) groups is 1. The second kappa shape index (κ2) is 10.9. The van der Waals surface area contributed by atoms with Crippen LogP contribution in [0.4, 0.5) is 0 Å². The number of aromatic hydroxyl groups is 8. The van der Waals surface area contributed by atoms with Crippen molar-refractivity contribution in [3.63, 3.8) is 0 Å². The quantitative estimate of drug-likeness (QED) is 0.111. The zero-order valence-electron chi connectivity index (χ0n) is 22.3. The summed E-state index contributed by atoms with van der Waals surface area (Å²) in [6, 6.07) is 5.08. The molecule has 1 aliphatic heterocycles. The van der Waals surface area contributed by atoms with Crippen LogP contribution in [-0.4, -0.2) is 87.7 Å². The lowest BCUT2D eigenvalue weighted by molar-refractivity contribution is -0.267. The molecule has 2 heterocycles. The molecule has 0 saturated carbocycles. The fourth-order valence-corrected chi connectivity index (χ4v) is 4.56. The molecule has 2 unspecified atom stereocenters. The molecule has 1 aliphatic rings. The number of phenolic OH excluding ortho intramolecular Hbond substituents is 8. The average Bonchev–Trinajstić information content (AvgIpc) is 2.95. The van der Waals surface area contributed by atoms with Crippen LogP contribution < -0.4 is 10.2 Å². The molecule has 5 atom stereocenters. The van der Waals surface area contributed by atoms with E-state index in [1.807, 2.05) is 0 Å². The number of benzene rings is 3. The molecule has 16 nitrogen and oxygen atoms in total. The molecule has 10 N–H and O–H groups in total. The van der Waals surface area contributed by atoms with Gasteiger partial charge in [0.2, 0.25) is 17.5 Å². The Kier molecular flexibility index (Phi) is 7.42. The summed E-state index contributed by atoms with van der Waals surface area (Å²) in [5, 5.41) is 100. The SMILES string of the molecule is CC1O[C@@H](Oc2c(-c3cc(O)c(O)c(O)c3)oc3cc(O)cc(O)c3c2=O)[C@@H](O)C(OC(=O)c2cc(O)c(O)c(O)c2)[C@H]1O. The van der Waals surface area contributed by atoms with E-state index in [1.165, 1.54) is 6.92 Å². The summed E-state index contributed by atoms with van der Waals surface area (Å²) in [5.74, 6) is -9.03. The van der Waals surface area contributed by atoms with E-state index in [0.29, 0.717) is 0 Å². The van der Waals surface area contributed by atoms with Gasteiger partial charge in [-0.25, -0.2) is 4.79 Å². The lowest BCUT2D eigenvalue weighted by Gasteiger charge is -2.40. The third kappa shape index (κ3) is 5.13. The van der Waals surface area contributed by atoms with Gasteiger partial charge in [0, 0.05) is 17.7 Å². The van der Waals surface area contributed by atoms with Crippen molar-refractivity contribution in [2.75, 3.05) is 0 Å². The Morgan fingerprint density at radius 1 is 0.773 bits per heavy atom. The summed E-state index contributed by atoms with van der Waals surface area (Å²) in [6.07, 6.45) is -8.66. The summed E-state index contributed by atoms with van der Waals surface area (Å²) in [6.45, 7) is 1.31. The molecule has 0 radical (unpaired) electrons. The Bertz CT molecular complexity index is 1800. The third-order valence-corrected chi connectivity index (χ3v) is 6.81. The Morgan fingerprint density at radius 3 is 1.93 bits per heavy atom. The van der Waals surface area contributed by atoms with Crippen molar-refractivity contribution >= 4 is 16.9 Å². The van der Waals surface area contributed by atoms with Gasteiger partial charge in [0.05, 0.1) is 11.7 Å². The van der Waals surface area contributed by atoms with Crippen molar-refractivity contribution in [1.82, 2.24) is 0 Å². The Hall–Kier alpha value is -5.58. The highest BCUT2D eigenvalue weighted by molar-refractivity contribution is 5.91. The molecule has 232 valence electrons. The summed E-state index contributed by atoms with van der Waals surface area (Å²) in [5.41, 5.74) is -2.20. The first-order chi connectivity index (χ1) is 20.7. The van der Waals surface area contributed by atoms with Crippen LogP contribution in [0.5, 0.6) is 51.7 Å². The predicted octanol–water partition coefficient (Wildman–Crippen LogP) is 1.18. The molecule has 5 rings (SSSR count). The normalized spacial score (nSPS) is 21.7. The Morgan fingerprint density at radius 2 is 1.34 bits per heavy atom. The standard InChI is InChI=1S/C28H24O16/c1-8-19(35)25(43-27(40)10-4-15(33)21(37)16(34)5-10)23(39)28(41-8)44-26-22(38)18-12(30)6-11(29)7-17(18)42-24(26)9-2-13(31)20(36)14(32)3-9/h2-8,19,23,25,28-37,39H,1H3/t8?,19-,23-,25?,28-/m0/s1. The molecule has 0 spiro atoms. The van der Waals surface area contributed by atoms with Crippen LogP contribution in [-0.2, 0) is 9.47 Å². The van der Waals surface area contributed by atoms with Crippen molar-refractivity contribution in [3.05, 3.63) is 52.2 Å². The lowest BCUT2D eigenvalue weighted by atomic mass is 9.99. The lowest BCUT2D eigenvalue weighted by Crippen LogP contribution is -2.59. The summed E-state index contributed by atoms with van der Waals surface area (Å²) < 4.78 is 22.1. The van der Waals surface area contributed by atoms with E-state index in [-0.39, 0.29) is 11.1 Å². The molecular formula is C28H24O16. The van der Waals surface area contributed by atoms with Crippen molar-refractivity contribution in [3.8, 4) is 63.1 Å². The van der Waals surface area contributed by atoms with Crippen molar-refractivity contribution in [2.24, 2.45) is 0 Å². The maximum absolute atomic E-state index is 13.6. The van der Waals surface area contributed by atoms with Gasteiger partial charge in [0.15, 0.2) is 52.5 Å². The number of esters is 1. The van der Waals surface area contributed by atoms with Crippen LogP contribution in [0.25, 0.3) is 22.3 Å². The Labute approximate surface area is 244 Å². The van der Waals surface area contributed by atoms with Gasteiger partial charge in [-0.15, -0.1) is 0 Å². The fourth-order valence-electron chi connectivity index (χ4n) is 4.56. The molecule has 3 aromatic carbocycles. The number of ether oxygens (including phenoxy) is 3. The molecule has 16 heteroatoms. The molecule has 4 aromatic rings.